The van der Waals surface area contributed by atoms with E-state index in [4.69, 9.17) is 5.11 Å². The third-order valence-corrected chi connectivity index (χ3v) is 6.50. The Kier molecular flexibility index (Phi) is 9.53. The fraction of sp³-hybridized carbons (Fsp3) is 0.379. The number of nitrogens with one attached hydrogen (secondary N) is 1. The van der Waals surface area contributed by atoms with Gasteiger partial charge in [0, 0.05) is 50.4 Å². The number of carbonyl (C=O) groups is 1. The maximum atomic E-state index is 10.5. The lowest BCUT2D eigenvalue weighted by Gasteiger charge is -2.33. The lowest BCUT2D eigenvalue weighted by molar-refractivity contribution is 0.0698. The summed E-state index contributed by atoms with van der Waals surface area (Å²) >= 11 is 0. The zero-order valence-electron chi connectivity index (χ0n) is 21.4. The summed E-state index contributed by atoms with van der Waals surface area (Å²) in [4.78, 5) is 19.0. The molecule has 0 amide bonds. The van der Waals surface area contributed by atoms with E-state index in [1.54, 1.807) is 18.2 Å². The molecule has 2 heterocycles. The summed E-state index contributed by atoms with van der Waals surface area (Å²) < 4.78 is 0. The van der Waals surface area contributed by atoms with Crippen molar-refractivity contribution in [2.75, 3.05) is 42.3 Å². The number of carboxylic acids is 1. The van der Waals surface area contributed by atoms with E-state index in [-0.39, 0.29) is 5.56 Å². The van der Waals surface area contributed by atoms with Gasteiger partial charge >= 0.3 is 5.97 Å². The Morgan fingerprint density at radius 2 is 1.60 bits per heavy atom. The topological polar surface area (TPSA) is 68.7 Å². The van der Waals surface area contributed by atoms with Crippen LogP contribution in [0, 0.1) is 0 Å². The average Bonchev–Trinajstić information content (AvgIpc) is 2.89. The van der Waals surface area contributed by atoms with Gasteiger partial charge in [0.2, 0.25) is 0 Å². The molecule has 1 saturated heterocycles. The van der Waals surface area contributed by atoms with E-state index in [2.05, 4.69) is 69.6 Å². The van der Waals surface area contributed by atoms with Crippen molar-refractivity contribution in [1.82, 2.24) is 4.98 Å². The largest absolute Gasteiger partial charge is 0.478 e. The van der Waals surface area contributed by atoms with Gasteiger partial charge in [0.05, 0.1) is 17.4 Å². The fourth-order valence-electron chi connectivity index (χ4n) is 4.32. The number of hydrogen-bond donors (Lipinski definition) is 2. The molecule has 0 atom stereocenters. The Morgan fingerprint density at radius 1 is 0.943 bits per heavy atom. The third kappa shape index (κ3) is 6.53. The molecule has 2 aliphatic rings. The second kappa shape index (κ2) is 12.8. The van der Waals surface area contributed by atoms with E-state index in [0.29, 0.717) is 5.69 Å². The van der Waals surface area contributed by atoms with Crippen LogP contribution in [0.4, 0.5) is 22.7 Å². The Balaban J connectivity index is 0.000000223. The van der Waals surface area contributed by atoms with Gasteiger partial charge in [-0.3, -0.25) is 4.98 Å². The average molecular weight is 475 g/mol. The van der Waals surface area contributed by atoms with Gasteiger partial charge in [-0.2, -0.15) is 0 Å². The van der Waals surface area contributed by atoms with Crippen molar-refractivity contribution in [3.8, 4) is 0 Å². The van der Waals surface area contributed by atoms with E-state index in [1.165, 1.54) is 80.7 Å². The smallest absolute Gasteiger partial charge is 0.337 e. The first kappa shape index (κ1) is 26.1. The predicted octanol–water partition coefficient (Wildman–Crippen LogP) is 6.39. The molecule has 1 aliphatic carbocycles. The molecule has 0 radical (unpaired) electrons. The minimum Gasteiger partial charge on any atom is -0.478 e. The van der Waals surface area contributed by atoms with Gasteiger partial charge in [-0.05, 0) is 85.7 Å². The highest BCUT2D eigenvalue weighted by Crippen LogP contribution is 2.31. The van der Waals surface area contributed by atoms with Gasteiger partial charge in [0.1, 0.15) is 0 Å². The quantitative estimate of drug-likeness (QED) is 0.446. The standard InChI is InChI=1S/C20H24N2.C7H8N2O2.C2H6/c1-21(18-9-11-19(12-10-18)22-13-4-14-22)20-8-7-16-5-2-3-6-17(16)15-20;1-8-6-4-9-3-2-5(6)7(10)11;1-2/h7-12,15H,2-6,13-14H2,1H3;2-4,8H,1H3,(H,10,11);1-2H3. The van der Waals surface area contributed by atoms with Gasteiger partial charge in [0.25, 0.3) is 0 Å². The summed E-state index contributed by atoms with van der Waals surface area (Å²) in [7, 11) is 3.83. The molecule has 0 spiro atoms. The molecule has 0 unspecified atom stereocenters. The van der Waals surface area contributed by atoms with Crippen LogP contribution in [0.1, 0.15) is 54.6 Å². The summed E-state index contributed by atoms with van der Waals surface area (Å²) in [6, 6.07) is 17.4. The molecule has 6 nitrogen and oxygen atoms in total. The molecule has 5 rings (SSSR count). The maximum Gasteiger partial charge on any atom is 0.337 e. The molecule has 2 aromatic carbocycles. The zero-order valence-corrected chi connectivity index (χ0v) is 21.4. The molecule has 2 N–H and O–H groups in total. The van der Waals surface area contributed by atoms with Gasteiger partial charge < -0.3 is 20.2 Å². The van der Waals surface area contributed by atoms with Gasteiger partial charge in [-0.25, -0.2) is 4.79 Å². The van der Waals surface area contributed by atoms with Crippen LogP contribution in [0.5, 0.6) is 0 Å². The monoisotopic (exact) mass is 474 g/mol. The molecule has 6 heteroatoms. The van der Waals surface area contributed by atoms with Crippen LogP contribution in [0.3, 0.4) is 0 Å². The van der Waals surface area contributed by atoms with E-state index >= 15 is 0 Å². The summed E-state index contributed by atoms with van der Waals surface area (Å²) in [5, 5.41) is 11.4. The number of rotatable bonds is 5. The zero-order chi connectivity index (χ0) is 25.2. The summed E-state index contributed by atoms with van der Waals surface area (Å²) in [5.74, 6) is -0.947. The van der Waals surface area contributed by atoms with Crippen molar-refractivity contribution in [2.24, 2.45) is 0 Å². The molecule has 0 saturated carbocycles. The van der Waals surface area contributed by atoms with Crippen LogP contribution in [-0.2, 0) is 12.8 Å². The SMILES string of the molecule is CC.CN(c1ccc(N2CCC2)cc1)c1ccc2c(c1)CCCC2.CNc1cnccc1C(=O)O. The molecular weight excluding hydrogens is 436 g/mol. The number of aromatic nitrogens is 1. The molecule has 35 heavy (non-hydrogen) atoms. The normalized spacial score (nSPS) is 13.7. The van der Waals surface area contributed by atoms with E-state index in [0.717, 1.165) is 0 Å². The second-order valence-corrected chi connectivity index (χ2v) is 8.55. The van der Waals surface area contributed by atoms with Crippen molar-refractivity contribution in [3.63, 3.8) is 0 Å². The summed E-state index contributed by atoms with van der Waals surface area (Å²) in [5.41, 5.74) is 7.79. The Labute approximate surface area is 209 Å². The minimum atomic E-state index is -0.947. The van der Waals surface area contributed by atoms with Gasteiger partial charge in [0.15, 0.2) is 0 Å². The van der Waals surface area contributed by atoms with Crippen molar-refractivity contribution >= 4 is 28.7 Å². The Bertz CT molecular complexity index is 1090. The third-order valence-electron chi connectivity index (χ3n) is 6.50. The first-order valence-corrected chi connectivity index (χ1v) is 12.6. The highest BCUT2D eigenvalue weighted by atomic mass is 16.4. The Hall–Kier alpha value is -3.54. The molecule has 1 aliphatic heterocycles. The van der Waals surface area contributed by atoms with Gasteiger partial charge in [-0.1, -0.05) is 19.9 Å². The number of aromatic carboxylic acids is 1. The predicted molar refractivity (Wildman–Crippen MR) is 147 cm³/mol. The molecule has 3 aromatic rings. The number of carboxylic acid groups (broad SMARTS) is 1. The number of fused-ring (bicyclic) bond motifs is 1. The first-order chi connectivity index (χ1) is 17.1. The van der Waals surface area contributed by atoms with Crippen LogP contribution in [-0.4, -0.2) is 43.2 Å². The molecular formula is C29H38N4O2. The maximum absolute atomic E-state index is 10.5. The number of hydrogen-bond acceptors (Lipinski definition) is 5. The van der Waals surface area contributed by atoms with E-state index < -0.39 is 5.97 Å². The van der Waals surface area contributed by atoms with Crippen LogP contribution < -0.4 is 15.1 Å². The summed E-state index contributed by atoms with van der Waals surface area (Å²) in [6.45, 7) is 6.42. The molecule has 1 aromatic heterocycles. The van der Waals surface area contributed by atoms with Crippen LogP contribution in [0.25, 0.3) is 0 Å². The number of benzene rings is 2. The molecule has 1 fully saturated rings. The highest BCUT2D eigenvalue weighted by Gasteiger charge is 2.15. The van der Waals surface area contributed by atoms with E-state index in [1.807, 2.05) is 13.8 Å². The number of nitrogens with zero attached hydrogens (tertiary/aromatic N) is 3. The van der Waals surface area contributed by atoms with E-state index in [9.17, 15) is 4.79 Å². The van der Waals surface area contributed by atoms with Crippen molar-refractivity contribution in [2.45, 2.75) is 46.0 Å². The number of pyridine rings is 1. The lowest BCUT2D eigenvalue weighted by atomic mass is 9.91. The van der Waals surface area contributed by atoms with Crippen molar-refractivity contribution < 1.29 is 9.90 Å². The van der Waals surface area contributed by atoms with Crippen LogP contribution in [0.2, 0.25) is 0 Å². The van der Waals surface area contributed by atoms with Crippen molar-refractivity contribution in [3.05, 3.63) is 77.6 Å². The van der Waals surface area contributed by atoms with Gasteiger partial charge in [-0.15, -0.1) is 0 Å². The fourth-order valence-corrected chi connectivity index (χ4v) is 4.32. The van der Waals surface area contributed by atoms with Crippen LogP contribution in [0.15, 0.2) is 60.9 Å². The first-order valence-electron chi connectivity index (χ1n) is 12.6. The number of aryl methyl sites for hydroxylation is 2. The summed E-state index contributed by atoms with van der Waals surface area (Å²) in [6.07, 6.45) is 9.43. The van der Waals surface area contributed by atoms with Crippen molar-refractivity contribution in [1.29, 1.82) is 0 Å². The minimum absolute atomic E-state index is 0.238. The molecule has 0 bridgehead atoms. The number of anilines is 4. The second-order valence-electron chi connectivity index (χ2n) is 8.55. The Morgan fingerprint density at radius 3 is 2.17 bits per heavy atom. The lowest BCUT2D eigenvalue weighted by Crippen LogP contribution is -2.36. The van der Waals surface area contributed by atoms with Crippen LogP contribution >= 0.6 is 0 Å². The molecule has 186 valence electrons. The highest BCUT2D eigenvalue weighted by molar-refractivity contribution is 5.93.